The normalized spacial score (nSPS) is 13.9. The number of benzene rings is 2. The van der Waals surface area contributed by atoms with Crippen LogP contribution in [-0.4, -0.2) is 79.5 Å². The number of aromatic nitrogens is 6. The lowest BCUT2D eigenvalue weighted by atomic mass is 10.1. The number of fused-ring (bicyclic) bond motifs is 1. The van der Waals surface area contributed by atoms with E-state index in [0.29, 0.717) is 48.3 Å². The van der Waals surface area contributed by atoms with Gasteiger partial charge in [0.15, 0.2) is 5.82 Å². The number of morpholine rings is 1. The number of rotatable bonds is 10. The van der Waals surface area contributed by atoms with Gasteiger partial charge in [-0.05, 0) is 12.1 Å². The molecule has 0 unspecified atom stereocenters. The average molecular weight is 575 g/mol. The molecule has 42 heavy (non-hydrogen) atoms. The van der Waals surface area contributed by atoms with E-state index in [4.69, 9.17) is 29.6 Å². The second-order valence-electron chi connectivity index (χ2n) is 9.67. The van der Waals surface area contributed by atoms with Gasteiger partial charge in [0.25, 0.3) is 0 Å². The van der Waals surface area contributed by atoms with Crippen LogP contribution >= 0.6 is 0 Å². The molecule has 13 heteroatoms. The van der Waals surface area contributed by atoms with Gasteiger partial charge in [-0.25, -0.2) is 18.7 Å². The van der Waals surface area contributed by atoms with Crippen molar-refractivity contribution in [3.8, 4) is 17.3 Å². The quantitative estimate of drug-likeness (QED) is 0.256. The first-order valence-electron chi connectivity index (χ1n) is 13.5. The maximum Gasteiger partial charge on any atom is 0.183 e. The zero-order chi connectivity index (χ0) is 28.9. The topological polar surface area (TPSA) is 123 Å². The van der Waals surface area contributed by atoms with E-state index >= 15 is 8.78 Å². The second-order valence-corrected chi connectivity index (χ2v) is 9.67. The van der Waals surface area contributed by atoms with E-state index in [1.165, 1.54) is 4.68 Å². The van der Waals surface area contributed by atoms with Crippen LogP contribution in [0.1, 0.15) is 11.3 Å². The van der Waals surface area contributed by atoms with Crippen molar-refractivity contribution < 1.29 is 23.4 Å². The molecule has 0 bridgehead atoms. The van der Waals surface area contributed by atoms with Crippen molar-refractivity contribution in [3.05, 3.63) is 83.8 Å². The van der Waals surface area contributed by atoms with Gasteiger partial charge in [-0.3, -0.25) is 9.58 Å². The van der Waals surface area contributed by atoms with Crippen molar-refractivity contribution in [2.45, 2.75) is 13.1 Å². The van der Waals surface area contributed by atoms with Gasteiger partial charge in [-0.15, -0.1) is 0 Å². The molecular formula is C29H28F2N8O3. The van der Waals surface area contributed by atoms with Crippen LogP contribution in [0.5, 0.6) is 5.75 Å². The molecule has 1 fully saturated rings. The predicted octanol–water partition coefficient (Wildman–Crippen LogP) is 3.56. The number of hydrogen-bond acceptors (Lipinski definition) is 10. The minimum atomic E-state index is -0.773. The Morgan fingerprint density at radius 2 is 1.79 bits per heavy atom. The summed E-state index contributed by atoms with van der Waals surface area (Å²) in [4.78, 5) is 11.9. The Hall–Kier alpha value is -4.59. The Labute approximate surface area is 239 Å². The highest BCUT2D eigenvalue weighted by Crippen LogP contribution is 2.30. The SMILES string of the molecule is OCCOc1cc(F)c(Cn2nc(-c3nc(CN4CCOCC4)cc(Nc4ccnnc4)n3)c3ccccc32)c(F)c1. The number of aliphatic hydroxyl groups excluding tert-OH is 1. The highest BCUT2D eigenvalue weighted by molar-refractivity contribution is 5.91. The Bertz CT molecular complexity index is 1660. The third kappa shape index (κ3) is 6.17. The Kier molecular flexibility index (Phi) is 8.21. The number of halogens is 2. The number of ether oxygens (including phenoxy) is 2. The van der Waals surface area contributed by atoms with Gasteiger partial charge < -0.3 is 19.9 Å². The summed E-state index contributed by atoms with van der Waals surface area (Å²) in [7, 11) is 0. The third-order valence-electron chi connectivity index (χ3n) is 6.78. The van der Waals surface area contributed by atoms with Crippen LogP contribution in [0.3, 0.4) is 0 Å². The number of aliphatic hydroxyl groups is 1. The molecule has 6 rings (SSSR count). The summed E-state index contributed by atoms with van der Waals surface area (Å²) >= 11 is 0. The van der Waals surface area contributed by atoms with Crippen molar-refractivity contribution >= 4 is 22.4 Å². The first-order chi connectivity index (χ1) is 20.6. The van der Waals surface area contributed by atoms with Gasteiger partial charge in [-0.1, -0.05) is 18.2 Å². The lowest BCUT2D eigenvalue weighted by Gasteiger charge is -2.26. The van der Waals surface area contributed by atoms with E-state index in [0.717, 1.165) is 36.3 Å². The maximum atomic E-state index is 15.0. The summed E-state index contributed by atoms with van der Waals surface area (Å²) < 4.78 is 42.2. The molecular weight excluding hydrogens is 546 g/mol. The van der Waals surface area contributed by atoms with E-state index < -0.39 is 11.6 Å². The van der Waals surface area contributed by atoms with Crippen LogP contribution in [0.25, 0.3) is 22.4 Å². The molecule has 1 aliphatic rings. The van der Waals surface area contributed by atoms with Gasteiger partial charge in [0.05, 0.1) is 55.7 Å². The molecule has 0 amide bonds. The Balaban J connectivity index is 1.39. The molecule has 5 aromatic rings. The smallest absolute Gasteiger partial charge is 0.183 e. The second kappa shape index (κ2) is 12.5. The molecule has 2 aromatic carbocycles. The van der Waals surface area contributed by atoms with Crippen LogP contribution in [0, 0.1) is 11.6 Å². The van der Waals surface area contributed by atoms with Crippen LogP contribution in [0.15, 0.2) is 60.9 Å². The van der Waals surface area contributed by atoms with Crippen molar-refractivity contribution in [2.75, 3.05) is 44.8 Å². The summed E-state index contributed by atoms with van der Waals surface area (Å²) in [5.74, 6) is -0.626. The number of para-hydroxylation sites is 1. The number of nitrogens with zero attached hydrogens (tertiary/aromatic N) is 7. The van der Waals surface area contributed by atoms with Crippen molar-refractivity contribution in [1.82, 2.24) is 34.8 Å². The van der Waals surface area contributed by atoms with Crippen LogP contribution in [-0.2, 0) is 17.8 Å². The molecule has 0 saturated carbocycles. The molecule has 1 saturated heterocycles. The van der Waals surface area contributed by atoms with Crippen molar-refractivity contribution in [2.24, 2.45) is 0 Å². The molecule has 3 aromatic heterocycles. The molecule has 0 atom stereocenters. The minimum absolute atomic E-state index is 0.00345. The van der Waals surface area contributed by atoms with Gasteiger partial charge >= 0.3 is 0 Å². The molecule has 11 nitrogen and oxygen atoms in total. The zero-order valence-electron chi connectivity index (χ0n) is 22.6. The highest BCUT2D eigenvalue weighted by Gasteiger charge is 2.21. The molecule has 0 radical (unpaired) electrons. The lowest BCUT2D eigenvalue weighted by molar-refractivity contribution is 0.0336. The Morgan fingerprint density at radius 1 is 0.976 bits per heavy atom. The van der Waals surface area contributed by atoms with Gasteiger partial charge in [0.2, 0.25) is 0 Å². The molecule has 0 aliphatic carbocycles. The molecule has 4 heterocycles. The van der Waals surface area contributed by atoms with E-state index in [-0.39, 0.29) is 31.1 Å². The standard InChI is InChI=1S/C29H28F2N8O3/c30-24-14-21(42-12-9-40)15-25(31)23(24)18-39-26-4-2-1-3-22(26)28(37-39)29-35-20(17-38-7-10-41-11-8-38)13-27(36-29)34-19-5-6-32-33-16-19/h1-6,13-16,40H,7-12,17-18H2,(H,32,34,35,36). The predicted molar refractivity (Wildman–Crippen MR) is 150 cm³/mol. The van der Waals surface area contributed by atoms with Crippen LogP contribution in [0.2, 0.25) is 0 Å². The van der Waals surface area contributed by atoms with E-state index in [2.05, 4.69) is 20.4 Å². The molecule has 2 N–H and O–H groups in total. The average Bonchev–Trinajstić information content (AvgIpc) is 3.37. The lowest BCUT2D eigenvalue weighted by Crippen LogP contribution is -2.35. The molecule has 1 aliphatic heterocycles. The number of hydrogen-bond donors (Lipinski definition) is 2. The van der Waals surface area contributed by atoms with E-state index in [1.54, 1.807) is 18.5 Å². The summed E-state index contributed by atoms with van der Waals surface area (Å²) in [6.07, 6.45) is 3.18. The fraction of sp³-hybridized carbons (Fsp3) is 0.276. The summed E-state index contributed by atoms with van der Waals surface area (Å²) in [5.41, 5.74) is 2.47. The summed E-state index contributed by atoms with van der Waals surface area (Å²) in [6, 6.07) is 13.3. The van der Waals surface area contributed by atoms with E-state index in [1.807, 2.05) is 30.3 Å². The first-order valence-corrected chi connectivity index (χ1v) is 13.5. The first kappa shape index (κ1) is 27.6. The fourth-order valence-corrected chi connectivity index (χ4v) is 4.79. The molecule has 0 spiro atoms. The van der Waals surface area contributed by atoms with Gasteiger partial charge in [0, 0.05) is 48.8 Å². The number of nitrogens with one attached hydrogen (secondary N) is 1. The zero-order valence-corrected chi connectivity index (χ0v) is 22.6. The fourth-order valence-electron chi connectivity index (χ4n) is 4.79. The van der Waals surface area contributed by atoms with Crippen LogP contribution in [0.4, 0.5) is 20.3 Å². The van der Waals surface area contributed by atoms with Crippen molar-refractivity contribution in [1.29, 1.82) is 0 Å². The van der Waals surface area contributed by atoms with Crippen molar-refractivity contribution in [3.63, 3.8) is 0 Å². The van der Waals surface area contributed by atoms with Gasteiger partial charge in [0.1, 0.15) is 35.5 Å². The van der Waals surface area contributed by atoms with Crippen LogP contribution < -0.4 is 10.1 Å². The molecule has 216 valence electrons. The number of anilines is 2. The maximum absolute atomic E-state index is 15.0. The highest BCUT2D eigenvalue weighted by atomic mass is 19.1. The third-order valence-corrected chi connectivity index (χ3v) is 6.78. The minimum Gasteiger partial charge on any atom is -0.491 e. The van der Waals surface area contributed by atoms with E-state index in [9.17, 15) is 0 Å². The monoisotopic (exact) mass is 574 g/mol. The largest absolute Gasteiger partial charge is 0.491 e. The summed E-state index contributed by atoms with van der Waals surface area (Å²) in [5, 5.41) is 25.5. The summed E-state index contributed by atoms with van der Waals surface area (Å²) in [6.45, 7) is 2.97. The van der Waals surface area contributed by atoms with Gasteiger partial charge in [-0.2, -0.15) is 15.3 Å². The Morgan fingerprint density at radius 3 is 2.55 bits per heavy atom.